The number of amides is 1. The quantitative estimate of drug-likeness (QED) is 0.723. The lowest BCUT2D eigenvalue weighted by atomic mass is 9.98. The highest BCUT2D eigenvalue weighted by Crippen LogP contribution is 2.41. The molecule has 0 aliphatic carbocycles. The zero-order valence-corrected chi connectivity index (χ0v) is 16.5. The number of hydrogen-bond acceptors (Lipinski definition) is 5. The lowest BCUT2D eigenvalue weighted by Crippen LogP contribution is -2.33. The second-order valence-corrected chi connectivity index (χ2v) is 6.78. The summed E-state index contributed by atoms with van der Waals surface area (Å²) in [5, 5.41) is 2.72. The summed E-state index contributed by atoms with van der Waals surface area (Å²) in [5.41, 5.74) is 4.34. The van der Waals surface area contributed by atoms with Crippen molar-refractivity contribution in [3.05, 3.63) is 72.1 Å². The number of nitrogens with zero attached hydrogens (tertiary/aromatic N) is 2. The van der Waals surface area contributed by atoms with Crippen LogP contribution in [0.4, 0.5) is 5.69 Å². The average molecular weight is 389 g/mol. The molecule has 2 heterocycles. The Morgan fingerprint density at radius 1 is 1.24 bits per heavy atom. The van der Waals surface area contributed by atoms with Crippen molar-refractivity contribution in [3.8, 4) is 22.6 Å². The molecule has 0 fully saturated rings. The number of rotatable bonds is 5. The van der Waals surface area contributed by atoms with Gasteiger partial charge in [0.2, 0.25) is 0 Å². The number of nitrogens with one attached hydrogen (secondary N) is 1. The number of benzene rings is 2. The van der Waals surface area contributed by atoms with Gasteiger partial charge in [-0.1, -0.05) is 24.3 Å². The molecule has 1 N–H and O–H groups in total. The molecular weight excluding hydrogens is 366 g/mol. The number of methoxy groups -OCH3 is 1. The van der Waals surface area contributed by atoms with Gasteiger partial charge in [-0.25, -0.2) is 0 Å². The first-order chi connectivity index (χ1) is 14.2. The minimum atomic E-state index is -0.179. The molecule has 4 rings (SSSR count). The molecule has 29 heavy (non-hydrogen) atoms. The fourth-order valence-corrected chi connectivity index (χ4v) is 3.60. The predicted octanol–water partition coefficient (Wildman–Crippen LogP) is 3.52. The largest absolute Gasteiger partial charge is 0.496 e. The Balaban J connectivity index is 1.85. The maximum absolute atomic E-state index is 12.6. The maximum Gasteiger partial charge on any atom is 0.254 e. The van der Waals surface area contributed by atoms with Crippen LogP contribution >= 0.6 is 0 Å². The van der Waals surface area contributed by atoms with Gasteiger partial charge in [-0.15, -0.1) is 0 Å². The molecule has 148 valence electrons. The number of fused-ring (bicyclic) bond motifs is 1. The number of ether oxygens (including phenoxy) is 2. The number of carbonyl (C=O) groups excluding carboxylic acids is 1. The van der Waals surface area contributed by atoms with Crippen LogP contribution in [-0.2, 0) is 6.54 Å². The predicted molar refractivity (Wildman–Crippen MR) is 113 cm³/mol. The van der Waals surface area contributed by atoms with Gasteiger partial charge < -0.3 is 19.7 Å². The van der Waals surface area contributed by atoms with Crippen molar-refractivity contribution < 1.29 is 14.3 Å². The van der Waals surface area contributed by atoms with E-state index in [0.717, 1.165) is 34.7 Å². The molecule has 1 amide bonds. The van der Waals surface area contributed by atoms with Crippen LogP contribution in [0.25, 0.3) is 11.1 Å². The van der Waals surface area contributed by atoms with Crippen LogP contribution in [-0.4, -0.2) is 38.2 Å². The van der Waals surface area contributed by atoms with E-state index in [1.54, 1.807) is 20.4 Å². The van der Waals surface area contributed by atoms with Crippen molar-refractivity contribution in [2.45, 2.75) is 6.54 Å². The normalized spacial score (nSPS) is 12.7. The van der Waals surface area contributed by atoms with E-state index in [9.17, 15) is 4.79 Å². The first kappa shape index (κ1) is 18.8. The van der Waals surface area contributed by atoms with Crippen LogP contribution in [0.5, 0.6) is 11.5 Å². The zero-order chi connectivity index (χ0) is 20.2. The van der Waals surface area contributed by atoms with Gasteiger partial charge in [0.25, 0.3) is 5.91 Å². The Kier molecular flexibility index (Phi) is 5.33. The lowest BCUT2D eigenvalue weighted by Gasteiger charge is -2.33. The molecule has 0 bridgehead atoms. The second kappa shape index (κ2) is 8.22. The van der Waals surface area contributed by atoms with Gasteiger partial charge in [0.15, 0.2) is 5.75 Å². The highest BCUT2D eigenvalue weighted by atomic mass is 16.5. The Hall–Kier alpha value is -3.54. The van der Waals surface area contributed by atoms with Crippen LogP contribution in [0.1, 0.15) is 15.9 Å². The summed E-state index contributed by atoms with van der Waals surface area (Å²) in [5.74, 6) is 1.19. The second-order valence-electron chi connectivity index (χ2n) is 6.78. The average Bonchev–Trinajstić information content (AvgIpc) is 2.78. The topological polar surface area (TPSA) is 63.7 Å². The lowest BCUT2D eigenvalue weighted by molar-refractivity contribution is 0.0958. The molecule has 0 saturated carbocycles. The number of anilines is 1. The SMILES string of the molecule is CNC(=O)c1cc(-c2ccccc2OC)cc2c1OCCN2Cc1cccnc1. The maximum atomic E-state index is 12.6. The van der Waals surface area contributed by atoms with E-state index >= 15 is 0 Å². The third-order valence-corrected chi connectivity index (χ3v) is 5.00. The summed E-state index contributed by atoms with van der Waals surface area (Å²) in [6.45, 7) is 1.93. The van der Waals surface area contributed by atoms with Crippen molar-refractivity contribution in [1.29, 1.82) is 0 Å². The third-order valence-electron chi connectivity index (χ3n) is 5.00. The van der Waals surface area contributed by atoms with Crippen LogP contribution in [0.2, 0.25) is 0 Å². The molecule has 0 atom stereocenters. The molecule has 1 aliphatic heterocycles. The van der Waals surface area contributed by atoms with Crippen molar-refractivity contribution in [3.63, 3.8) is 0 Å². The van der Waals surface area contributed by atoms with Gasteiger partial charge in [0, 0.05) is 31.5 Å². The molecule has 0 saturated heterocycles. The van der Waals surface area contributed by atoms with E-state index in [4.69, 9.17) is 9.47 Å². The highest BCUT2D eigenvalue weighted by Gasteiger charge is 2.26. The first-order valence-corrected chi connectivity index (χ1v) is 9.51. The molecule has 6 nitrogen and oxygen atoms in total. The number of hydrogen-bond donors (Lipinski definition) is 1. The van der Waals surface area contributed by atoms with Gasteiger partial charge in [0.1, 0.15) is 12.4 Å². The number of para-hydroxylation sites is 1. The van der Waals surface area contributed by atoms with Crippen LogP contribution in [0.15, 0.2) is 60.9 Å². The van der Waals surface area contributed by atoms with Crippen molar-refractivity contribution in [2.24, 2.45) is 0 Å². The summed E-state index contributed by atoms with van der Waals surface area (Å²) in [7, 11) is 3.27. The third kappa shape index (κ3) is 3.74. The van der Waals surface area contributed by atoms with Gasteiger partial charge >= 0.3 is 0 Å². The minimum Gasteiger partial charge on any atom is -0.496 e. The van der Waals surface area contributed by atoms with Crippen molar-refractivity contribution in [1.82, 2.24) is 10.3 Å². The van der Waals surface area contributed by atoms with Crippen LogP contribution in [0.3, 0.4) is 0 Å². The summed E-state index contributed by atoms with van der Waals surface area (Å²) in [4.78, 5) is 19.1. The van der Waals surface area contributed by atoms with Gasteiger partial charge in [-0.2, -0.15) is 0 Å². The molecule has 0 radical (unpaired) electrons. The van der Waals surface area contributed by atoms with E-state index in [1.165, 1.54) is 0 Å². The number of pyridine rings is 1. The molecular formula is C23H23N3O3. The summed E-state index contributed by atoms with van der Waals surface area (Å²) in [6.07, 6.45) is 3.62. The Bertz CT molecular complexity index is 1020. The van der Waals surface area contributed by atoms with Gasteiger partial charge in [-0.3, -0.25) is 9.78 Å². The molecule has 0 unspecified atom stereocenters. The van der Waals surface area contributed by atoms with E-state index in [0.29, 0.717) is 24.5 Å². The highest BCUT2D eigenvalue weighted by molar-refractivity contribution is 6.01. The molecule has 1 aliphatic rings. The molecule has 6 heteroatoms. The molecule has 3 aromatic rings. The van der Waals surface area contributed by atoms with Crippen LogP contribution in [0, 0.1) is 0 Å². The van der Waals surface area contributed by atoms with Crippen LogP contribution < -0.4 is 19.7 Å². The summed E-state index contributed by atoms with van der Waals surface area (Å²) in [6, 6.07) is 15.7. The summed E-state index contributed by atoms with van der Waals surface area (Å²) < 4.78 is 11.5. The Morgan fingerprint density at radius 3 is 2.86 bits per heavy atom. The van der Waals surface area contributed by atoms with Crippen molar-refractivity contribution in [2.75, 3.05) is 32.2 Å². The first-order valence-electron chi connectivity index (χ1n) is 9.51. The zero-order valence-electron chi connectivity index (χ0n) is 16.5. The number of carbonyl (C=O) groups is 1. The molecule has 2 aromatic carbocycles. The molecule has 1 aromatic heterocycles. The fourth-order valence-electron chi connectivity index (χ4n) is 3.60. The fraction of sp³-hybridized carbons (Fsp3) is 0.217. The smallest absolute Gasteiger partial charge is 0.254 e. The van der Waals surface area contributed by atoms with E-state index in [2.05, 4.69) is 21.3 Å². The molecule has 0 spiro atoms. The monoisotopic (exact) mass is 389 g/mol. The standard InChI is InChI=1S/C23H23N3O3/c1-24-23(27)19-12-17(18-7-3-4-8-21(18)28-2)13-20-22(19)29-11-10-26(20)15-16-6-5-9-25-14-16/h3-9,12-14H,10-11,15H2,1-2H3,(H,24,27). The van der Waals surface area contributed by atoms with E-state index in [-0.39, 0.29) is 5.91 Å². The Morgan fingerprint density at radius 2 is 2.10 bits per heavy atom. The summed E-state index contributed by atoms with van der Waals surface area (Å²) >= 11 is 0. The Labute approximate surface area is 170 Å². The van der Waals surface area contributed by atoms with Crippen molar-refractivity contribution >= 4 is 11.6 Å². The van der Waals surface area contributed by atoms with Gasteiger partial charge in [0.05, 0.1) is 24.9 Å². The van der Waals surface area contributed by atoms with E-state index < -0.39 is 0 Å². The van der Waals surface area contributed by atoms with E-state index in [1.807, 2.05) is 48.7 Å². The number of aromatic nitrogens is 1. The van der Waals surface area contributed by atoms with Gasteiger partial charge in [-0.05, 0) is 35.4 Å². The minimum absolute atomic E-state index is 0.179.